The molecule has 0 aliphatic heterocycles. The van der Waals surface area contributed by atoms with Gasteiger partial charge in [0.25, 0.3) is 5.91 Å². The van der Waals surface area contributed by atoms with Crippen LogP contribution >= 0.6 is 15.9 Å². The Balaban J connectivity index is 2.10. The van der Waals surface area contributed by atoms with Crippen LogP contribution in [-0.4, -0.2) is 31.4 Å². The van der Waals surface area contributed by atoms with Gasteiger partial charge in [0, 0.05) is 19.4 Å². The van der Waals surface area contributed by atoms with Gasteiger partial charge in [-0.1, -0.05) is 0 Å². The molecule has 2 amide bonds. The van der Waals surface area contributed by atoms with E-state index in [0.717, 1.165) is 10.2 Å². The van der Waals surface area contributed by atoms with E-state index < -0.39 is 5.91 Å². The summed E-state index contributed by atoms with van der Waals surface area (Å²) in [6.45, 7) is 1.85. The summed E-state index contributed by atoms with van der Waals surface area (Å²) in [5.41, 5.74) is 6.29. The lowest BCUT2D eigenvalue weighted by molar-refractivity contribution is -0.116. The van der Waals surface area contributed by atoms with Crippen molar-refractivity contribution in [2.45, 2.75) is 13.5 Å². The van der Waals surface area contributed by atoms with Gasteiger partial charge in [-0.05, 0) is 22.9 Å². The van der Waals surface area contributed by atoms with E-state index in [-0.39, 0.29) is 23.8 Å². The number of rotatable bonds is 4. The van der Waals surface area contributed by atoms with Crippen LogP contribution in [0.4, 0.5) is 5.69 Å². The van der Waals surface area contributed by atoms with Gasteiger partial charge < -0.3 is 11.1 Å². The maximum absolute atomic E-state index is 11.9. The van der Waals surface area contributed by atoms with Crippen LogP contribution in [0.25, 0.3) is 0 Å². The van der Waals surface area contributed by atoms with Gasteiger partial charge in [-0.2, -0.15) is 10.2 Å². The quantitative estimate of drug-likeness (QED) is 0.840. The molecule has 0 atom stereocenters. The highest BCUT2D eigenvalue weighted by Crippen LogP contribution is 2.14. The van der Waals surface area contributed by atoms with Crippen LogP contribution in [0.15, 0.2) is 16.9 Å². The molecular formula is C11H13BrN6O2. The van der Waals surface area contributed by atoms with E-state index in [9.17, 15) is 9.59 Å². The van der Waals surface area contributed by atoms with E-state index in [2.05, 4.69) is 31.4 Å². The molecule has 106 valence electrons. The minimum atomic E-state index is -0.696. The Morgan fingerprint density at radius 1 is 1.40 bits per heavy atom. The standard InChI is InChI=1S/C11H13BrN6O2/c1-6-7(12)3-18(15-6)5-9(19)14-8-4-17(2)16-10(8)11(13)20/h3-4H,5H2,1-2H3,(H2,13,20)(H,14,19). The van der Waals surface area contributed by atoms with Gasteiger partial charge in [0.2, 0.25) is 5.91 Å². The first kappa shape index (κ1) is 14.3. The monoisotopic (exact) mass is 340 g/mol. The molecule has 0 unspecified atom stereocenters. The smallest absolute Gasteiger partial charge is 0.271 e. The van der Waals surface area contributed by atoms with Crippen molar-refractivity contribution < 1.29 is 9.59 Å². The number of carbonyl (C=O) groups is 2. The number of amides is 2. The van der Waals surface area contributed by atoms with E-state index in [1.54, 1.807) is 13.2 Å². The molecule has 0 aliphatic carbocycles. The van der Waals surface area contributed by atoms with E-state index in [1.165, 1.54) is 15.6 Å². The molecule has 0 aliphatic rings. The molecule has 9 heteroatoms. The predicted molar refractivity (Wildman–Crippen MR) is 75.0 cm³/mol. The zero-order chi connectivity index (χ0) is 14.9. The second-order valence-corrected chi connectivity index (χ2v) is 5.09. The van der Waals surface area contributed by atoms with Crippen LogP contribution in [0.5, 0.6) is 0 Å². The zero-order valence-corrected chi connectivity index (χ0v) is 12.5. The lowest BCUT2D eigenvalue weighted by Gasteiger charge is -2.03. The van der Waals surface area contributed by atoms with Crippen LogP contribution in [0.3, 0.4) is 0 Å². The van der Waals surface area contributed by atoms with Crippen molar-refractivity contribution in [3.05, 3.63) is 28.3 Å². The molecule has 0 radical (unpaired) electrons. The fraction of sp³-hybridized carbons (Fsp3) is 0.273. The average molecular weight is 341 g/mol. The molecule has 0 saturated heterocycles. The Labute approximate surface area is 123 Å². The number of hydrogen-bond acceptors (Lipinski definition) is 4. The molecule has 0 fully saturated rings. The van der Waals surface area contributed by atoms with Crippen molar-refractivity contribution in [1.29, 1.82) is 0 Å². The fourth-order valence-electron chi connectivity index (χ4n) is 1.67. The van der Waals surface area contributed by atoms with Crippen LogP contribution in [-0.2, 0) is 18.4 Å². The third-order valence-electron chi connectivity index (χ3n) is 2.53. The predicted octanol–water partition coefficient (Wildman–Crippen LogP) is 0.425. The molecule has 20 heavy (non-hydrogen) atoms. The Kier molecular flexibility index (Phi) is 3.89. The molecule has 0 spiro atoms. The van der Waals surface area contributed by atoms with E-state index in [1.807, 2.05) is 6.92 Å². The van der Waals surface area contributed by atoms with Crippen molar-refractivity contribution in [2.24, 2.45) is 12.8 Å². The summed E-state index contributed by atoms with van der Waals surface area (Å²) in [5, 5.41) is 10.6. The average Bonchev–Trinajstić information content (AvgIpc) is 2.83. The fourth-order valence-corrected chi connectivity index (χ4v) is 1.99. The second kappa shape index (κ2) is 5.45. The Morgan fingerprint density at radius 2 is 2.10 bits per heavy atom. The van der Waals surface area contributed by atoms with Gasteiger partial charge in [0.1, 0.15) is 6.54 Å². The molecule has 2 aromatic heterocycles. The number of nitrogens with two attached hydrogens (primary N) is 1. The molecule has 2 heterocycles. The molecular weight excluding hydrogens is 328 g/mol. The molecule has 2 rings (SSSR count). The maximum atomic E-state index is 11.9. The van der Waals surface area contributed by atoms with Crippen LogP contribution in [0.2, 0.25) is 0 Å². The maximum Gasteiger partial charge on any atom is 0.271 e. The van der Waals surface area contributed by atoms with Gasteiger partial charge in [0.05, 0.1) is 15.9 Å². The summed E-state index contributed by atoms with van der Waals surface area (Å²) < 4.78 is 3.73. The Morgan fingerprint density at radius 3 is 2.65 bits per heavy atom. The summed E-state index contributed by atoms with van der Waals surface area (Å²) in [4.78, 5) is 23.1. The molecule has 0 aromatic carbocycles. The highest BCUT2D eigenvalue weighted by molar-refractivity contribution is 9.10. The van der Waals surface area contributed by atoms with Crippen molar-refractivity contribution in [3.63, 3.8) is 0 Å². The molecule has 2 aromatic rings. The normalized spacial score (nSPS) is 10.6. The van der Waals surface area contributed by atoms with Crippen molar-refractivity contribution in [2.75, 3.05) is 5.32 Å². The molecule has 0 saturated carbocycles. The summed E-state index contributed by atoms with van der Waals surface area (Å²) >= 11 is 3.32. The van der Waals surface area contributed by atoms with Crippen molar-refractivity contribution in [1.82, 2.24) is 19.6 Å². The number of nitrogens with zero attached hydrogens (tertiary/aromatic N) is 4. The van der Waals surface area contributed by atoms with Gasteiger partial charge >= 0.3 is 0 Å². The summed E-state index contributed by atoms with van der Waals surface area (Å²) in [5.74, 6) is -1.02. The summed E-state index contributed by atoms with van der Waals surface area (Å²) in [6.07, 6.45) is 3.22. The lowest BCUT2D eigenvalue weighted by Crippen LogP contribution is -2.21. The van der Waals surface area contributed by atoms with E-state index >= 15 is 0 Å². The zero-order valence-electron chi connectivity index (χ0n) is 10.9. The molecule has 0 bridgehead atoms. The van der Waals surface area contributed by atoms with E-state index in [4.69, 9.17) is 5.73 Å². The number of hydrogen-bond donors (Lipinski definition) is 2. The lowest BCUT2D eigenvalue weighted by atomic mass is 10.3. The highest BCUT2D eigenvalue weighted by Gasteiger charge is 2.16. The minimum Gasteiger partial charge on any atom is -0.364 e. The number of aryl methyl sites for hydroxylation is 2. The van der Waals surface area contributed by atoms with Crippen LogP contribution in [0.1, 0.15) is 16.2 Å². The first-order valence-corrected chi connectivity index (χ1v) is 6.49. The minimum absolute atomic E-state index is 0.0266. The Hall–Kier alpha value is -2.16. The Bertz CT molecular complexity index is 655. The third kappa shape index (κ3) is 3.05. The summed E-state index contributed by atoms with van der Waals surface area (Å²) in [7, 11) is 1.63. The number of carbonyl (C=O) groups excluding carboxylic acids is 2. The second-order valence-electron chi connectivity index (χ2n) is 4.24. The van der Waals surface area contributed by atoms with Gasteiger partial charge in [-0.25, -0.2) is 0 Å². The molecule has 8 nitrogen and oxygen atoms in total. The SMILES string of the molecule is Cc1nn(CC(=O)Nc2cn(C)nc2C(N)=O)cc1Br. The van der Waals surface area contributed by atoms with Crippen LogP contribution in [0, 0.1) is 6.92 Å². The first-order chi connectivity index (χ1) is 9.36. The van der Waals surface area contributed by atoms with Gasteiger partial charge in [-0.3, -0.25) is 19.0 Å². The number of aromatic nitrogens is 4. The van der Waals surface area contributed by atoms with Gasteiger partial charge in [0.15, 0.2) is 5.69 Å². The largest absolute Gasteiger partial charge is 0.364 e. The number of primary amides is 1. The number of anilines is 1. The molecule has 3 N–H and O–H groups in total. The summed E-state index contributed by atoms with van der Waals surface area (Å²) in [6, 6.07) is 0. The van der Waals surface area contributed by atoms with Gasteiger partial charge in [-0.15, -0.1) is 0 Å². The highest BCUT2D eigenvalue weighted by atomic mass is 79.9. The number of nitrogens with one attached hydrogen (secondary N) is 1. The first-order valence-electron chi connectivity index (χ1n) is 5.69. The van der Waals surface area contributed by atoms with Crippen molar-refractivity contribution in [3.8, 4) is 0 Å². The number of halogens is 1. The topological polar surface area (TPSA) is 108 Å². The van der Waals surface area contributed by atoms with Crippen molar-refractivity contribution >= 4 is 33.4 Å². The van der Waals surface area contributed by atoms with E-state index in [0.29, 0.717) is 0 Å². The third-order valence-corrected chi connectivity index (χ3v) is 3.31. The van der Waals surface area contributed by atoms with Crippen LogP contribution < -0.4 is 11.1 Å².